The highest BCUT2D eigenvalue weighted by Crippen LogP contribution is 2.47. The van der Waals surface area contributed by atoms with Gasteiger partial charge in [-0.15, -0.1) is 0 Å². The van der Waals surface area contributed by atoms with Crippen molar-refractivity contribution < 1.29 is 40.3 Å². The average Bonchev–Trinajstić information content (AvgIpc) is 2.45. The zero-order chi connectivity index (χ0) is 18.8. The highest BCUT2D eigenvalue weighted by atomic mass is 19.4. The van der Waals surface area contributed by atoms with Crippen LogP contribution in [-0.2, 0) is 9.59 Å². The molecule has 0 aliphatic heterocycles. The molecular formula is C14H12F7NO2. The van der Waals surface area contributed by atoms with Gasteiger partial charge in [-0.25, -0.2) is 0 Å². The van der Waals surface area contributed by atoms with Gasteiger partial charge in [0, 0.05) is 13.3 Å². The van der Waals surface area contributed by atoms with Crippen molar-refractivity contribution >= 4 is 11.7 Å². The van der Waals surface area contributed by atoms with Crippen LogP contribution in [0.4, 0.5) is 30.7 Å². The molecule has 0 aliphatic carbocycles. The molecule has 0 radical (unpaired) electrons. The van der Waals surface area contributed by atoms with Gasteiger partial charge in [-0.1, -0.05) is 30.3 Å². The Morgan fingerprint density at radius 1 is 1.00 bits per heavy atom. The van der Waals surface area contributed by atoms with Gasteiger partial charge >= 0.3 is 18.0 Å². The van der Waals surface area contributed by atoms with Gasteiger partial charge < -0.3 is 5.32 Å². The maximum absolute atomic E-state index is 13.4. The summed E-state index contributed by atoms with van der Waals surface area (Å²) in [5, 5.41) is 2.07. The molecule has 1 unspecified atom stereocenters. The van der Waals surface area contributed by atoms with Gasteiger partial charge in [0.2, 0.25) is 11.7 Å². The van der Waals surface area contributed by atoms with E-state index < -0.39 is 42.2 Å². The largest absolute Gasteiger partial charge is 0.460 e. The molecule has 24 heavy (non-hydrogen) atoms. The number of hydrogen-bond acceptors (Lipinski definition) is 2. The van der Waals surface area contributed by atoms with Crippen LogP contribution in [0.5, 0.6) is 0 Å². The summed E-state index contributed by atoms with van der Waals surface area (Å²) in [6, 6.07) is 5.48. The first kappa shape index (κ1) is 19.9. The normalized spacial score (nSPS) is 14.2. The van der Waals surface area contributed by atoms with Gasteiger partial charge in [-0.3, -0.25) is 9.59 Å². The molecule has 134 valence electrons. The van der Waals surface area contributed by atoms with Gasteiger partial charge in [-0.05, 0) is 5.56 Å². The van der Waals surface area contributed by atoms with Crippen LogP contribution in [0.25, 0.3) is 0 Å². The van der Waals surface area contributed by atoms with E-state index in [9.17, 15) is 40.3 Å². The Hall–Kier alpha value is -2.13. The van der Waals surface area contributed by atoms with Crippen molar-refractivity contribution in [3.8, 4) is 0 Å². The van der Waals surface area contributed by atoms with Gasteiger partial charge in [0.25, 0.3) is 0 Å². The van der Waals surface area contributed by atoms with E-state index in [-0.39, 0.29) is 5.56 Å². The Labute approximate surface area is 131 Å². The Morgan fingerprint density at radius 2 is 1.50 bits per heavy atom. The molecule has 1 amide bonds. The number of Topliss-reactive ketones (excluding diaryl/α,β-unsaturated/α-hetero) is 1. The molecule has 0 aliphatic rings. The molecular weight excluding hydrogens is 347 g/mol. The third-order valence-electron chi connectivity index (χ3n) is 3.07. The van der Waals surface area contributed by atoms with E-state index in [4.69, 9.17) is 0 Å². The summed E-state index contributed by atoms with van der Waals surface area (Å²) in [5.41, 5.74) is 0.104. The smallest absolute Gasteiger partial charge is 0.349 e. The molecule has 1 rings (SSSR count). The fourth-order valence-corrected chi connectivity index (χ4v) is 1.85. The van der Waals surface area contributed by atoms with Crippen LogP contribution in [0.3, 0.4) is 0 Å². The zero-order valence-electron chi connectivity index (χ0n) is 12.1. The second kappa shape index (κ2) is 6.78. The van der Waals surface area contributed by atoms with Crippen LogP contribution in [0.15, 0.2) is 30.3 Å². The molecule has 1 N–H and O–H groups in total. The van der Waals surface area contributed by atoms with Crippen LogP contribution in [-0.4, -0.2) is 29.7 Å². The molecule has 0 fully saturated rings. The number of ketones is 1. The Balaban J connectivity index is 3.10. The minimum absolute atomic E-state index is 0.104. The molecule has 10 heteroatoms. The van der Waals surface area contributed by atoms with E-state index in [2.05, 4.69) is 5.32 Å². The van der Waals surface area contributed by atoms with E-state index in [0.29, 0.717) is 0 Å². The summed E-state index contributed by atoms with van der Waals surface area (Å²) < 4.78 is 88.9. The van der Waals surface area contributed by atoms with Crippen LogP contribution < -0.4 is 5.32 Å². The van der Waals surface area contributed by atoms with E-state index in [0.717, 1.165) is 6.92 Å². The number of halogens is 7. The van der Waals surface area contributed by atoms with Crippen molar-refractivity contribution in [3.63, 3.8) is 0 Å². The molecule has 0 heterocycles. The maximum Gasteiger partial charge on any atom is 0.460 e. The van der Waals surface area contributed by atoms with Crippen LogP contribution in [0.1, 0.15) is 24.9 Å². The minimum atomic E-state index is -6.59. The summed E-state index contributed by atoms with van der Waals surface area (Å²) in [7, 11) is 0. The number of hydrogen-bond donors (Lipinski definition) is 1. The lowest BCUT2D eigenvalue weighted by Gasteiger charge is -2.28. The molecule has 0 saturated heterocycles. The van der Waals surface area contributed by atoms with E-state index >= 15 is 0 Å². The summed E-state index contributed by atoms with van der Waals surface area (Å²) in [6.07, 6.45) is -8.02. The second-order valence-corrected chi connectivity index (χ2v) is 4.94. The Kier molecular flexibility index (Phi) is 5.62. The van der Waals surface area contributed by atoms with E-state index in [1.54, 1.807) is 0 Å². The first-order chi connectivity index (χ1) is 10.8. The zero-order valence-corrected chi connectivity index (χ0v) is 12.1. The van der Waals surface area contributed by atoms with Gasteiger partial charge in [0.05, 0.1) is 6.04 Å². The first-order valence-electron chi connectivity index (χ1n) is 6.48. The standard InChI is InChI=1S/C14H12F7NO2/c1-8(23)22-10(9-5-3-2-4-6-9)7-11(24)12(15,16)13(17,18)14(19,20)21/h2-6,10H,7H2,1H3,(H,22,23). The van der Waals surface area contributed by atoms with Crippen molar-refractivity contribution in [1.29, 1.82) is 0 Å². The number of carbonyl (C=O) groups is 2. The maximum atomic E-state index is 13.4. The van der Waals surface area contributed by atoms with Crippen LogP contribution in [0.2, 0.25) is 0 Å². The Morgan fingerprint density at radius 3 is 1.92 bits per heavy atom. The quantitative estimate of drug-likeness (QED) is 0.788. The SMILES string of the molecule is CC(=O)NC(CC(=O)C(F)(F)C(F)(F)C(F)(F)F)c1ccccc1. The summed E-state index contributed by atoms with van der Waals surface area (Å²) >= 11 is 0. The molecule has 1 aromatic carbocycles. The van der Waals surface area contributed by atoms with Crippen molar-refractivity contribution in [1.82, 2.24) is 5.32 Å². The predicted molar refractivity (Wildman–Crippen MR) is 68.6 cm³/mol. The van der Waals surface area contributed by atoms with Gasteiger partial charge in [0.1, 0.15) is 0 Å². The summed E-state index contributed by atoms with van der Waals surface area (Å²) in [4.78, 5) is 22.5. The fourth-order valence-electron chi connectivity index (χ4n) is 1.85. The molecule has 0 bridgehead atoms. The summed E-state index contributed by atoms with van der Waals surface area (Å²) in [6.45, 7) is 0.975. The molecule has 0 spiro atoms. The van der Waals surface area contributed by atoms with Crippen molar-refractivity contribution in [3.05, 3.63) is 35.9 Å². The Bertz CT molecular complexity index is 599. The molecule has 0 saturated carbocycles. The fraction of sp³-hybridized carbons (Fsp3) is 0.429. The number of carbonyl (C=O) groups excluding carboxylic acids is 2. The second-order valence-electron chi connectivity index (χ2n) is 4.94. The van der Waals surface area contributed by atoms with Crippen molar-refractivity contribution in [2.24, 2.45) is 0 Å². The lowest BCUT2D eigenvalue weighted by atomic mass is 9.96. The monoisotopic (exact) mass is 359 g/mol. The van der Waals surface area contributed by atoms with Gasteiger partial charge in [-0.2, -0.15) is 30.7 Å². The third kappa shape index (κ3) is 4.04. The molecule has 1 aromatic rings. The number of nitrogens with one attached hydrogen (secondary N) is 1. The molecule has 0 aromatic heterocycles. The first-order valence-corrected chi connectivity index (χ1v) is 6.48. The van der Waals surface area contributed by atoms with E-state index in [1.807, 2.05) is 0 Å². The van der Waals surface area contributed by atoms with Gasteiger partial charge in [0.15, 0.2) is 0 Å². The molecule has 1 atom stereocenters. The third-order valence-corrected chi connectivity index (χ3v) is 3.07. The average molecular weight is 359 g/mol. The van der Waals surface area contributed by atoms with Crippen molar-refractivity contribution in [2.45, 2.75) is 37.4 Å². The summed E-state index contributed by atoms with van der Waals surface area (Å²) in [5.74, 6) is -15.9. The van der Waals surface area contributed by atoms with Crippen LogP contribution >= 0.6 is 0 Å². The lowest BCUT2D eigenvalue weighted by molar-refractivity contribution is -0.343. The predicted octanol–water partition coefficient (Wildman–Crippen LogP) is 3.66. The van der Waals surface area contributed by atoms with Crippen molar-refractivity contribution in [2.75, 3.05) is 0 Å². The number of alkyl halides is 7. The highest BCUT2D eigenvalue weighted by molar-refractivity contribution is 5.88. The lowest BCUT2D eigenvalue weighted by Crippen LogP contribution is -2.56. The number of amides is 1. The topological polar surface area (TPSA) is 46.2 Å². The van der Waals surface area contributed by atoms with E-state index in [1.165, 1.54) is 30.3 Å². The highest BCUT2D eigenvalue weighted by Gasteiger charge is 2.75. The number of rotatable bonds is 6. The minimum Gasteiger partial charge on any atom is -0.349 e. The van der Waals surface area contributed by atoms with Crippen LogP contribution in [0, 0.1) is 0 Å². The number of benzene rings is 1. The molecule has 3 nitrogen and oxygen atoms in total.